The normalized spacial score (nSPS) is 12.0. The quantitative estimate of drug-likeness (QED) is 0.750. The minimum Gasteiger partial charge on any atom is -0.391 e. The summed E-state index contributed by atoms with van der Waals surface area (Å²) in [6.07, 6.45) is 0. The molecular formula is C13H13Br2NO3S2. The van der Waals surface area contributed by atoms with Gasteiger partial charge in [0.05, 0.1) is 10.4 Å². The molecule has 0 saturated heterocycles. The van der Waals surface area contributed by atoms with Crippen LogP contribution in [0.2, 0.25) is 0 Å². The fraction of sp³-hybridized carbons (Fsp3) is 0.231. The highest BCUT2D eigenvalue weighted by atomic mass is 79.9. The molecule has 0 bridgehead atoms. The lowest BCUT2D eigenvalue weighted by Crippen LogP contribution is -2.26. The molecule has 1 N–H and O–H groups in total. The van der Waals surface area contributed by atoms with E-state index in [1.807, 2.05) is 24.3 Å². The van der Waals surface area contributed by atoms with Crippen molar-refractivity contribution in [3.05, 3.63) is 49.0 Å². The molecule has 21 heavy (non-hydrogen) atoms. The van der Waals surface area contributed by atoms with E-state index in [-0.39, 0.29) is 18.0 Å². The molecule has 0 aliphatic heterocycles. The van der Waals surface area contributed by atoms with Crippen molar-refractivity contribution in [1.29, 1.82) is 0 Å². The third kappa shape index (κ3) is 3.94. The van der Waals surface area contributed by atoms with E-state index >= 15 is 0 Å². The van der Waals surface area contributed by atoms with Crippen molar-refractivity contribution in [2.45, 2.75) is 18.0 Å². The second-order valence-electron chi connectivity index (χ2n) is 4.40. The smallest absolute Gasteiger partial charge is 0.245 e. The predicted octanol–water partition coefficient (Wildman–Crippen LogP) is 3.59. The number of thiophene rings is 1. The Morgan fingerprint density at radius 3 is 2.38 bits per heavy atom. The Bertz CT molecular complexity index is 726. The molecule has 0 aliphatic carbocycles. The Morgan fingerprint density at radius 2 is 1.86 bits per heavy atom. The van der Waals surface area contributed by atoms with Crippen molar-refractivity contribution in [3.63, 3.8) is 0 Å². The summed E-state index contributed by atoms with van der Waals surface area (Å²) in [6, 6.07) is 9.00. The maximum Gasteiger partial charge on any atom is 0.245 e. The summed E-state index contributed by atoms with van der Waals surface area (Å²) >= 11 is 7.82. The fourth-order valence-electron chi connectivity index (χ4n) is 1.75. The molecular weight excluding hydrogens is 442 g/mol. The summed E-state index contributed by atoms with van der Waals surface area (Å²) in [5, 5.41) is 9.12. The molecule has 1 aromatic heterocycles. The number of halogens is 2. The first-order chi connectivity index (χ1) is 9.84. The minimum atomic E-state index is -3.59. The van der Waals surface area contributed by atoms with E-state index < -0.39 is 10.0 Å². The van der Waals surface area contributed by atoms with Crippen LogP contribution in [0.3, 0.4) is 0 Å². The van der Waals surface area contributed by atoms with Crippen LogP contribution in [0.5, 0.6) is 0 Å². The number of rotatable bonds is 5. The molecule has 2 aromatic rings. The summed E-state index contributed by atoms with van der Waals surface area (Å²) in [7, 11) is -2.05. The lowest BCUT2D eigenvalue weighted by molar-refractivity contribution is 0.285. The zero-order valence-electron chi connectivity index (χ0n) is 11.1. The van der Waals surface area contributed by atoms with Gasteiger partial charge in [-0.05, 0) is 39.7 Å². The van der Waals surface area contributed by atoms with Gasteiger partial charge in [0, 0.05) is 22.9 Å². The van der Waals surface area contributed by atoms with Crippen molar-refractivity contribution in [3.8, 4) is 0 Å². The van der Waals surface area contributed by atoms with Crippen molar-refractivity contribution >= 4 is 53.2 Å². The van der Waals surface area contributed by atoms with Crippen LogP contribution in [0, 0.1) is 0 Å². The average Bonchev–Trinajstić information content (AvgIpc) is 2.83. The summed E-state index contributed by atoms with van der Waals surface area (Å²) in [5.41, 5.74) is 0.901. The van der Waals surface area contributed by atoms with Gasteiger partial charge in [0.1, 0.15) is 4.90 Å². The Kier molecular flexibility index (Phi) is 5.61. The van der Waals surface area contributed by atoms with E-state index in [2.05, 4.69) is 31.9 Å². The van der Waals surface area contributed by atoms with Crippen LogP contribution in [-0.4, -0.2) is 24.9 Å². The molecule has 4 nitrogen and oxygen atoms in total. The second kappa shape index (κ2) is 6.89. The zero-order chi connectivity index (χ0) is 15.6. The van der Waals surface area contributed by atoms with E-state index in [1.54, 1.807) is 7.05 Å². The van der Waals surface area contributed by atoms with Crippen LogP contribution >= 0.6 is 43.2 Å². The molecule has 0 amide bonds. The number of sulfonamides is 1. The molecule has 1 aromatic carbocycles. The van der Waals surface area contributed by atoms with Crippen molar-refractivity contribution in [1.82, 2.24) is 4.31 Å². The summed E-state index contributed by atoms with van der Waals surface area (Å²) in [4.78, 5) is 0.800. The van der Waals surface area contributed by atoms with Crippen LogP contribution in [0.1, 0.15) is 10.4 Å². The van der Waals surface area contributed by atoms with E-state index in [1.165, 1.54) is 21.7 Å². The Morgan fingerprint density at radius 1 is 1.24 bits per heavy atom. The molecule has 8 heteroatoms. The van der Waals surface area contributed by atoms with Gasteiger partial charge in [0.2, 0.25) is 10.0 Å². The van der Waals surface area contributed by atoms with Gasteiger partial charge in [-0.15, -0.1) is 11.3 Å². The lowest BCUT2D eigenvalue weighted by Gasteiger charge is -2.16. The van der Waals surface area contributed by atoms with Gasteiger partial charge in [0.25, 0.3) is 0 Å². The van der Waals surface area contributed by atoms with Crippen molar-refractivity contribution in [2.24, 2.45) is 0 Å². The van der Waals surface area contributed by atoms with E-state index in [4.69, 9.17) is 5.11 Å². The monoisotopic (exact) mass is 453 g/mol. The Hall–Kier alpha value is -0.250. The first-order valence-corrected chi connectivity index (χ1v) is 9.78. The minimum absolute atomic E-state index is 0.171. The topological polar surface area (TPSA) is 57.6 Å². The molecule has 0 saturated carbocycles. The molecule has 0 unspecified atom stereocenters. The number of hydrogen-bond donors (Lipinski definition) is 1. The standard InChI is InChI=1S/C13H13Br2NO3S2/c1-16(7-9-2-4-10(14)5-3-9)21(18,19)12-6-11(8-17)20-13(12)15/h2-6,17H,7-8H2,1H3. The molecule has 2 rings (SSSR count). The van der Waals surface area contributed by atoms with Gasteiger partial charge >= 0.3 is 0 Å². The maximum atomic E-state index is 12.6. The van der Waals surface area contributed by atoms with Crippen molar-refractivity contribution < 1.29 is 13.5 Å². The molecule has 0 spiro atoms. The maximum absolute atomic E-state index is 12.6. The largest absolute Gasteiger partial charge is 0.391 e. The summed E-state index contributed by atoms with van der Waals surface area (Å²) in [5.74, 6) is 0. The third-order valence-corrected chi connectivity index (χ3v) is 7.44. The number of aliphatic hydroxyl groups is 1. The predicted molar refractivity (Wildman–Crippen MR) is 90.7 cm³/mol. The number of aliphatic hydroxyl groups excluding tert-OH is 1. The van der Waals surface area contributed by atoms with Crippen LogP contribution in [0.25, 0.3) is 0 Å². The molecule has 0 fully saturated rings. The highest BCUT2D eigenvalue weighted by Crippen LogP contribution is 2.33. The molecule has 114 valence electrons. The fourth-order valence-corrected chi connectivity index (χ4v) is 5.66. The molecule has 0 atom stereocenters. The number of benzene rings is 1. The Labute approximate surface area is 144 Å². The summed E-state index contributed by atoms with van der Waals surface area (Å²) < 4.78 is 27.9. The first-order valence-electron chi connectivity index (χ1n) is 5.94. The van der Waals surface area contributed by atoms with Gasteiger partial charge in [-0.3, -0.25) is 0 Å². The van der Waals surface area contributed by atoms with Crippen LogP contribution in [-0.2, 0) is 23.2 Å². The van der Waals surface area contributed by atoms with Crippen LogP contribution in [0.4, 0.5) is 0 Å². The average molecular weight is 455 g/mol. The summed E-state index contributed by atoms with van der Waals surface area (Å²) in [6.45, 7) is 0.113. The first kappa shape index (κ1) is 17.1. The highest BCUT2D eigenvalue weighted by Gasteiger charge is 2.25. The van der Waals surface area contributed by atoms with E-state index in [0.29, 0.717) is 8.66 Å². The molecule has 0 radical (unpaired) electrons. The van der Waals surface area contributed by atoms with E-state index in [9.17, 15) is 8.42 Å². The SMILES string of the molecule is CN(Cc1ccc(Br)cc1)S(=O)(=O)c1cc(CO)sc1Br. The van der Waals surface area contributed by atoms with Gasteiger partial charge < -0.3 is 5.11 Å². The molecule has 0 aliphatic rings. The number of hydrogen-bond acceptors (Lipinski definition) is 4. The Balaban J connectivity index is 2.25. The van der Waals surface area contributed by atoms with Crippen molar-refractivity contribution in [2.75, 3.05) is 7.05 Å². The zero-order valence-corrected chi connectivity index (χ0v) is 15.9. The van der Waals surface area contributed by atoms with E-state index in [0.717, 1.165) is 10.0 Å². The second-order valence-corrected chi connectivity index (χ2v) is 9.78. The van der Waals surface area contributed by atoms with Gasteiger partial charge in [-0.1, -0.05) is 28.1 Å². The van der Waals surface area contributed by atoms with Gasteiger partial charge in [-0.25, -0.2) is 8.42 Å². The third-order valence-electron chi connectivity index (χ3n) is 2.87. The van der Waals surface area contributed by atoms with Gasteiger partial charge in [-0.2, -0.15) is 4.31 Å². The van der Waals surface area contributed by atoms with Crippen LogP contribution in [0.15, 0.2) is 43.5 Å². The molecule has 1 heterocycles. The highest BCUT2D eigenvalue weighted by molar-refractivity contribution is 9.11. The lowest BCUT2D eigenvalue weighted by atomic mass is 10.2. The van der Waals surface area contributed by atoms with Crippen LogP contribution < -0.4 is 0 Å². The van der Waals surface area contributed by atoms with Gasteiger partial charge in [0.15, 0.2) is 0 Å². The number of nitrogens with zero attached hydrogens (tertiary/aromatic N) is 1.